The molecule has 0 N–H and O–H groups in total. The van der Waals surface area contributed by atoms with Gasteiger partial charge in [-0.3, -0.25) is 0 Å². The van der Waals surface area contributed by atoms with Crippen LogP contribution >= 0.6 is 0 Å². The zero-order valence-electron chi connectivity index (χ0n) is 7.64. The van der Waals surface area contributed by atoms with Gasteiger partial charge in [-0.15, -0.1) is 0 Å². The van der Waals surface area contributed by atoms with E-state index in [-0.39, 0.29) is 33.6 Å². The van der Waals surface area contributed by atoms with Gasteiger partial charge in [-0.1, -0.05) is 0 Å². The summed E-state index contributed by atoms with van der Waals surface area (Å²) >= 11 is -8.75. The van der Waals surface area contributed by atoms with Crippen molar-refractivity contribution in [3.63, 3.8) is 0 Å². The fourth-order valence-electron chi connectivity index (χ4n) is 0. The van der Waals surface area contributed by atoms with E-state index >= 15 is 0 Å². The summed E-state index contributed by atoms with van der Waals surface area (Å²) in [7, 11) is 0. The van der Waals surface area contributed by atoms with Crippen molar-refractivity contribution in [1.29, 1.82) is 0 Å². The van der Waals surface area contributed by atoms with Gasteiger partial charge >= 0.3 is 151 Å². The normalized spacial score (nSPS) is 2.35. The molecule has 17 heavy (non-hydrogen) atoms. The Morgan fingerprint density at radius 3 is 0.471 bits per heavy atom. The molecule has 0 amide bonds. The SMILES string of the molecule is [Fe+3].[Ni+2].[O]=[Al][O-].[O]=[Al][O-].[O]=[Al][O-].[O]=[Al][O-].[O]=[Al][O-]. The van der Waals surface area contributed by atoms with Crippen LogP contribution in [0.3, 0.4) is 0 Å². The fourth-order valence-corrected chi connectivity index (χ4v) is 0. The molecule has 17 heteroatoms. The summed E-state index contributed by atoms with van der Waals surface area (Å²) in [6.07, 6.45) is 0. The molecule has 0 bridgehead atoms. The predicted octanol–water partition coefficient (Wildman–Crippen LogP) is -8.45. The van der Waals surface area contributed by atoms with E-state index in [9.17, 15) is 0 Å². The Kier molecular flexibility index (Phi) is 278. The molecule has 0 fully saturated rings. The van der Waals surface area contributed by atoms with E-state index in [4.69, 9.17) is 39.8 Å². The van der Waals surface area contributed by atoms with E-state index in [1.54, 1.807) is 0 Å². The first-order chi connectivity index (χ1) is 7.07. The Labute approximate surface area is 149 Å². The van der Waals surface area contributed by atoms with Gasteiger partial charge in [-0.05, 0) is 0 Å². The van der Waals surface area contributed by atoms with Gasteiger partial charge in [0.1, 0.15) is 0 Å². The topological polar surface area (TPSA) is 201 Å². The first kappa shape index (κ1) is 42.8. The van der Waals surface area contributed by atoms with Crippen LogP contribution in [0, 0.1) is 0 Å². The monoisotopic (exact) mass is 409 g/mol. The number of hydrogen-bond acceptors (Lipinski definition) is 10. The second-order valence-electron chi connectivity index (χ2n) is 0.481. The van der Waals surface area contributed by atoms with Crippen molar-refractivity contribution in [2.45, 2.75) is 0 Å². The zero-order valence-corrected chi connectivity index (χ0v) is 15.5. The molecule has 0 aromatic heterocycles. The minimum absolute atomic E-state index is 0. The molecule has 1 radical (unpaired) electrons. The molecular formula is Al5FeNiO10. The van der Waals surface area contributed by atoms with Gasteiger partial charge in [0.25, 0.3) is 0 Å². The predicted molar refractivity (Wildman–Crippen MR) is 32.2 cm³/mol. The van der Waals surface area contributed by atoms with Crippen LogP contribution in [0.15, 0.2) is 0 Å². The zero-order chi connectivity index (χ0) is 13.5. The second-order valence-corrected chi connectivity index (χ2v) is 1.44. The third-order valence-corrected chi connectivity index (χ3v) is 0. The maximum absolute atomic E-state index is 8.46. The van der Waals surface area contributed by atoms with Crippen LogP contribution in [-0.2, 0) is 52.6 Å². The van der Waals surface area contributed by atoms with Crippen LogP contribution in [0.1, 0.15) is 0 Å². The quantitative estimate of drug-likeness (QED) is 0.346. The van der Waals surface area contributed by atoms with Crippen LogP contribution in [0.25, 0.3) is 0 Å². The molecule has 0 aliphatic heterocycles. The van der Waals surface area contributed by atoms with Gasteiger partial charge in [0.15, 0.2) is 0 Å². The molecule has 0 saturated heterocycles. The summed E-state index contributed by atoms with van der Waals surface area (Å²) in [6.45, 7) is 0. The molecule has 0 rings (SSSR count). The third-order valence-electron chi connectivity index (χ3n) is 0. The average molecular weight is 409 g/mol. The van der Waals surface area contributed by atoms with Gasteiger partial charge in [0.05, 0.1) is 0 Å². The van der Waals surface area contributed by atoms with Gasteiger partial charge < -0.3 is 0 Å². The summed E-state index contributed by atoms with van der Waals surface area (Å²) in [4.78, 5) is 0. The van der Waals surface area contributed by atoms with Crippen molar-refractivity contribution in [3.8, 4) is 0 Å². The molecular weight excluding hydrogens is 409 g/mol. The minimum atomic E-state index is -1.75. The Bertz CT molecular complexity index is 97.0. The molecule has 0 spiro atoms. The van der Waals surface area contributed by atoms with Crippen molar-refractivity contribution >= 4 is 77.4 Å². The summed E-state index contributed by atoms with van der Waals surface area (Å²) in [6, 6.07) is 0. The van der Waals surface area contributed by atoms with E-state index < -0.39 is 77.4 Å². The Morgan fingerprint density at radius 2 is 0.471 bits per heavy atom. The first-order valence-corrected chi connectivity index (χ1v) is 7.07. The van der Waals surface area contributed by atoms with Crippen molar-refractivity contribution < 1.29 is 73.4 Å². The standard InChI is InChI=1S/5Al.Fe.Ni.10O/q;;;;;+3;+2;;;;;;5*-1. The fraction of sp³-hybridized carbons (Fsp3) is 0. The summed E-state index contributed by atoms with van der Waals surface area (Å²) < 4.78 is 84.6. The third kappa shape index (κ3) is 1550. The second kappa shape index (κ2) is 110. The van der Waals surface area contributed by atoms with Crippen LogP contribution in [0.2, 0.25) is 0 Å². The van der Waals surface area contributed by atoms with Gasteiger partial charge in [-0.25, -0.2) is 0 Å². The van der Waals surface area contributed by atoms with E-state index in [1.807, 2.05) is 0 Å². The molecule has 0 aromatic rings. The molecule has 0 atom stereocenters. The molecule has 93 valence electrons. The average Bonchev–Trinajstić information content (AvgIpc) is 2.09. The molecule has 0 aliphatic rings. The molecule has 0 unspecified atom stereocenters. The van der Waals surface area contributed by atoms with E-state index in [2.05, 4.69) is 0 Å². The first-order valence-electron chi connectivity index (χ1n) is 2.36. The van der Waals surface area contributed by atoms with Crippen molar-refractivity contribution in [1.82, 2.24) is 0 Å². The van der Waals surface area contributed by atoms with Crippen LogP contribution in [0.5, 0.6) is 0 Å². The van der Waals surface area contributed by atoms with Crippen molar-refractivity contribution in [2.24, 2.45) is 0 Å². The van der Waals surface area contributed by atoms with Crippen LogP contribution in [0.4, 0.5) is 0 Å². The van der Waals surface area contributed by atoms with Crippen LogP contribution < -0.4 is 20.8 Å². The molecule has 0 heterocycles. The molecule has 0 aliphatic carbocycles. The summed E-state index contributed by atoms with van der Waals surface area (Å²) in [5, 5.41) is 0. The van der Waals surface area contributed by atoms with Crippen LogP contribution in [-0.4, -0.2) is 77.4 Å². The van der Waals surface area contributed by atoms with E-state index in [0.717, 1.165) is 0 Å². The van der Waals surface area contributed by atoms with Gasteiger partial charge in [0, 0.05) is 0 Å². The Morgan fingerprint density at radius 1 is 0.471 bits per heavy atom. The number of hydrogen-bond donors (Lipinski definition) is 0. The van der Waals surface area contributed by atoms with Gasteiger partial charge in [-0.2, -0.15) is 0 Å². The van der Waals surface area contributed by atoms with E-state index in [0.29, 0.717) is 0 Å². The van der Waals surface area contributed by atoms with Crippen molar-refractivity contribution in [3.05, 3.63) is 0 Å². The number of rotatable bonds is 0. The molecule has 0 saturated carbocycles. The van der Waals surface area contributed by atoms with E-state index in [1.165, 1.54) is 0 Å². The van der Waals surface area contributed by atoms with Crippen molar-refractivity contribution in [2.75, 3.05) is 0 Å². The molecule has 10 nitrogen and oxygen atoms in total. The maximum atomic E-state index is 8.46. The van der Waals surface area contributed by atoms with Gasteiger partial charge in [0.2, 0.25) is 0 Å². The summed E-state index contributed by atoms with van der Waals surface area (Å²) in [5.41, 5.74) is 0. The molecule has 0 aromatic carbocycles. The Balaban J connectivity index is -0.0000000143. The Hall–Kier alpha value is 1.68. The summed E-state index contributed by atoms with van der Waals surface area (Å²) in [5.74, 6) is 0.